The first-order valence-electron chi connectivity index (χ1n) is 6.99. The zero-order valence-corrected chi connectivity index (χ0v) is 12.6. The molecule has 1 amide bonds. The topological polar surface area (TPSA) is 51.2 Å². The van der Waals surface area contributed by atoms with E-state index in [0.717, 1.165) is 0 Å². The SMILES string of the molecule is Cc1cc(OCC(=O)Nc2ccncc2)ccc1C(C)C. The van der Waals surface area contributed by atoms with Gasteiger partial charge in [-0.05, 0) is 48.2 Å². The molecule has 1 aromatic carbocycles. The quantitative estimate of drug-likeness (QED) is 0.913. The summed E-state index contributed by atoms with van der Waals surface area (Å²) in [7, 11) is 0. The van der Waals surface area contributed by atoms with E-state index in [4.69, 9.17) is 4.74 Å². The van der Waals surface area contributed by atoms with Crippen LogP contribution in [0.1, 0.15) is 30.9 Å². The minimum atomic E-state index is -0.188. The van der Waals surface area contributed by atoms with Gasteiger partial charge >= 0.3 is 0 Å². The number of carbonyl (C=O) groups is 1. The van der Waals surface area contributed by atoms with Crippen molar-refractivity contribution in [2.75, 3.05) is 11.9 Å². The van der Waals surface area contributed by atoms with Gasteiger partial charge in [0.2, 0.25) is 0 Å². The van der Waals surface area contributed by atoms with Crippen molar-refractivity contribution in [2.24, 2.45) is 0 Å². The number of hydrogen-bond donors (Lipinski definition) is 1. The number of rotatable bonds is 5. The standard InChI is InChI=1S/C17H20N2O2/c1-12(2)16-5-4-15(10-13(16)3)21-11-17(20)19-14-6-8-18-9-7-14/h4-10,12H,11H2,1-3H3,(H,18,19,20). The van der Waals surface area contributed by atoms with Crippen LogP contribution in [0.4, 0.5) is 5.69 Å². The van der Waals surface area contributed by atoms with Crippen molar-refractivity contribution in [1.82, 2.24) is 4.98 Å². The Morgan fingerprint density at radius 1 is 1.24 bits per heavy atom. The van der Waals surface area contributed by atoms with Crippen molar-refractivity contribution in [2.45, 2.75) is 26.7 Å². The molecule has 1 aromatic heterocycles. The van der Waals surface area contributed by atoms with Gasteiger partial charge in [0.05, 0.1) is 0 Å². The van der Waals surface area contributed by atoms with Crippen LogP contribution in [0.3, 0.4) is 0 Å². The monoisotopic (exact) mass is 284 g/mol. The molecule has 0 saturated heterocycles. The summed E-state index contributed by atoms with van der Waals surface area (Å²) in [5.74, 6) is 1.00. The largest absolute Gasteiger partial charge is 0.484 e. The predicted octanol–water partition coefficient (Wildman–Crippen LogP) is 3.53. The molecule has 4 nitrogen and oxygen atoms in total. The fourth-order valence-corrected chi connectivity index (χ4v) is 2.17. The number of ether oxygens (including phenoxy) is 1. The number of carbonyl (C=O) groups excluding carboxylic acids is 1. The molecule has 0 aliphatic carbocycles. The molecule has 1 heterocycles. The van der Waals surface area contributed by atoms with Gasteiger partial charge in [-0.25, -0.2) is 0 Å². The van der Waals surface area contributed by atoms with E-state index in [2.05, 4.69) is 37.1 Å². The van der Waals surface area contributed by atoms with Crippen molar-refractivity contribution in [1.29, 1.82) is 0 Å². The fraction of sp³-hybridized carbons (Fsp3) is 0.294. The highest BCUT2D eigenvalue weighted by atomic mass is 16.5. The first-order chi connectivity index (χ1) is 10.1. The number of pyridine rings is 1. The zero-order chi connectivity index (χ0) is 15.2. The number of aromatic nitrogens is 1. The lowest BCUT2D eigenvalue weighted by Crippen LogP contribution is -2.20. The van der Waals surface area contributed by atoms with Crippen molar-refractivity contribution >= 4 is 11.6 Å². The molecule has 0 radical (unpaired) electrons. The van der Waals surface area contributed by atoms with Gasteiger partial charge < -0.3 is 10.1 Å². The van der Waals surface area contributed by atoms with Crippen LogP contribution in [-0.2, 0) is 4.79 Å². The third-order valence-electron chi connectivity index (χ3n) is 3.20. The van der Waals surface area contributed by atoms with Crippen molar-refractivity contribution < 1.29 is 9.53 Å². The van der Waals surface area contributed by atoms with E-state index in [-0.39, 0.29) is 12.5 Å². The Bertz CT molecular complexity index is 609. The number of anilines is 1. The van der Waals surface area contributed by atoms with Gasteiger partial charge in [-0.2, -0.15) is 0 Å². The van der Waals surface area contributed by atoms with E-state index in [1.807, 2.05) is 12.1 Å². The molecular formula is C17H20N2O2. The van der Waals surface area contributed by atoms with Gasteiger partial charge in [0, 0.05) is 18.1 Å². The van der Waals surface area contributed by atoms with E-state index in [1.165, 1.54) is 11.1 Å². The molecule has 0 spiro atoms. The molecule has 0 atom stereocenters. The summed E-state index contributed by atoms with van der Waals surface area (Å²) < 4.78 is 5.53. The number of hydrogen-bond acceptors (Lipinski definition) is 3. The third kappa shape index (κ3) is 4.31. The molecule has 0 bridgehead atoms. The number of benzene rings is 1. The molecule has 0 saturated carbocycles. The lowest BCUT2D eigenvalue weighted by atomic mass is 9.98. The van der Waals surface area contributed by atoms with E-state index >= 15 is 0 Å². The van der Waals surface area contributed by atoms with Crippen molar-refractivity contribution in [3.8, 4) is 5.75 Å². The lowest BCUT2D eigenvalue weighted by Gasteiger charge is -2.12. The molecule has 1 N–H and O–H groups in total. The number of amides is 1. The van der Waals surface area contributed by atoms with Crippen LogP contribution in [0.5, 0.6) is 5.75 Å². The minimum absolute atomic E-state index is 0.0111. The molecule has 2 rings (SSSR count). The fourth-order valence-electron chi connectivity index (χ4n) is 2.17. The Hall–Kier alpha value is -2.36. The highest BCUT2D eigenvalue weighted by molar-refractivity contribution is 5.91. The minimum Gasteiger partial charge on any atom is -0.484 e. The van der Waals surface area contributed by atoms with Crippen LogP contribution in [0.15, 0.2) is 42.7 Å². The Morgan fingerprint density at radius 3 is 2.57 bits per heavy atom. The second-order valence-corrected chi connectivity index (χ2v) is 5.25. The number of aryl methyl sites for hydroxylation is 1. The second-order valence-electron chi connectivity index (χ2n) is 5.25. The van der Waals surface area contributed by atoms with E-state index in [9.17, 15) is 4.79 Å². The maximum atomic E-state index is 11.8. The van der Waals surface area contributed by atoms with Gasteiger partial charge in [0.1, 0.15) is 5.75 Å². The number of nitrogens with one attached hydrogen (secondary N) is 1. The summed E-state index contributed by atoms with van der Waals surface area (Å²) >= 11 is 0. The van der Waals surface area contributed by atoms with Crippen LogP contribution < -0.4 is 10.1 Å². The van der Waals surface area contributed by atoms with Gasteiger partial charge in [-0.3, -0.25) is 9.78 Å². The highest BCUT2D eigenvalue weighted by Gasteiger charge is 2.07. The predicted molar refractivity (Wildman–Crippen MR) is 83.6 cm³/mol. The Labute approximate surface area is 125 Å². The molecule has 110 valence electrons. The van der Waals surface area contributed by atoms with Crippen molar-refractivity contribution in [3.05, 3.63) is 53.9 Å². The molecule has 4 heteroatoms. The van der Waals surface area contributed by atoms with Crippen molar-refractivity contribution in [3.63, 3.8) is 0 Å². The molecule has 0 fully saturated rings. The summed E-state index contributed by atoms with van der Waals surface area (Å²) in [5, 5.41) is 2.75. The van der Waals surface area contributed by atoms with Gasteiger partial charge in [-0.15, -0.1) is 0 Å². The van der Waals surface area contributed by atoms with Gasteiger partial charge in [0.25, 0.3) is 5.91 Å². The first-order valence-corrected chi connectivity index (χ1v) is 6.99. The molecule has 21 heavy (non-hydrogen) atoms. The molecule has 0 aliphatic heterocycles. The maximum absolute atomic E-state index is 11.8. The molecular weight excluding hydrogens is 264 g/mol. The smallest absolute Gasteiger partial charge is 0.262 e. The Morgan fingerprint density at radius 2 is 1.95 bits per heavy atom. The summed E-state index contributed by atoms with van der Waals surface area (Å²) in [5.41, 5.74) is 3.19. The van der Waals surface area contributed by atoms with Crippen LogP contribution in [-0.4, -0.2) is 17.5 Å². The average molecular weight is 284 g/mol. The molecule has 2 aromatic rings. The van der Waals surface area contributed by atoms with Gasteiger partial charge in [-0.1, -0.05) is 19.9 Å². The zero-order valence-electron chi connectivity index (χ0n) is 12.6. The summed E-state index contributed by atoms with van der Waals surface area (Å²) in [6.07, 6.45) is 3.26. The summed E-state index contributed by atoms with van der Waals surface area (Å²) in [6.45, 7) is 6.36. The summed E-state index contributed by atoms with van der Waals surface area (Å²) in [6, 6.07) is 9.40. The molecule has 0 aliphatic rings. The van der Waals surface area contributed by atoms with E-state index in [1.54, 1.807) is 24.5 Å². The van der Waals surface area contributed by atoms with E-state index in [0.29, 0.717) is 17.4 Å². The van der Waals surface area contributed by atoms with Gasteiger partial charge in [0.15, 0.2) is 6.61 Å². The van der Waals surface area contributed by atoms with Crippen LogP contribution in [0, 0.1) is 6.92 Å². The molecule has 0 unspecified atom stereocenters. The Kier molecular flexibility index (Phi) is 4.93. The highest BCUT2D eigenvalue weighted by Crippen LogP contribution is 2.23. The van der Waals surface area contributed by atoms with Crippen LogP contribution >= 0.6 is 0 Å². The number of nitrogens with zero attached hydrogens (tertiary/aromatic N) is 1. The second kappa shape index (κ2) is 6.88. The third-order valence-corrected chi connectivity index (χ3v) is 3.20. The lowest BCUT2D eigenvalue weighted by molar-refractivity contribution is -0.118. The summed E-state index contributed by atoms with van der Waals surface area (Å²) in [4.78, 5) is 15.7. The first kappa shape index (κ1) is 15.0. The van der Waals surface area contributed by atoms with Crippen LogP contribution in [0.25, 0.3) is 0 Å². The normalized spacial score (nSPS) is 10.5. The maximum Gasteiger partial charge on any atom is 0.262 e. The average Bonchev–Trinajstić information content (AvgIpc) is 2.46. The Balaban J connectivity index is 1.91. The van der Waals surface area contributed by atoms with Crippen LogP contribution in [0.2, 0.25) is 0 Å². The van der Waals surface area contributed by atoms with E-state index < -0.39 is 0 Å².